The Morgan fingerprint density at radius 1 is 1.22 bits per heavy atom. The highest BCUT2D eigenvalue weighted by Gasteiger charge is 2.52. The van der Waals surface area contributed by atoms with Crippen molar-refractivity contribution in [3.05, 3.63) is 0 Å². The molecule has 0 saturated carbocycles. The van der Waals surface area contributed by atoms with Crippen LogP contribution in [0.2, 0.25) is 0 Å². The molecule has 4 nitrogen and oxygen atoms in total. The Hall–Kier alpha value is -0.710. The van der Waals surface area contributed by atoms with Gasteiger partial charge in [0.05, 0.1) is 0 Å². The fourth-order valence-electron chi connectivity index (χ4n) is 2.21. The first-order valence-electron chi connectivity index (χ1n) is 6.49. The number of nitrogens with zero attached hydrogens (tertiary/aromatic N) is 1. The Morgan fingerprint density at radius 2 is 1.83 bits per heavy atom. The number of hydrogen-bond donors (Lipinski definition) is 1. The van der Waals surface area contributed by atoms with Gasteiger partial charge in [-0.05, 0) is 32.9 Å². The molecular weight excluding hydrogens is 248 g/mol. The highest BCUT2D eigenvalue weighted by molar-refractivity contribution is 7.98. The summed E-state index contributed by atoms with van der Waals surface area (Å²) in [4.78, 5) is 26.7. The maximum absolute atomic E-state index is 12.6. The first-order chi connectivity index (χ1) is 8.35. The van der Waals surface area contributed by atoms with Crippen molar-refractivity contribution in [2.75, 3.05) is 18.6 Å². The standard InChI is InChI=1S/C13H24N2O2S/c1-6-12(3)11(17)15(8-9-18-5)13(4,7-2)10(16)14-12/h6-9H2,1-5H3,(H,14,16). The zero-order chi connectivity index (χ0) is 14.0. The highest BCUT2D eigenvalue weighted by atomic mass is 32.2. The van der Waals surface area contributed by atoms with Crippen LogP contribution in [0.5, 0.6) is 0 Å². The molecule has 1 N–H and O–H groups in total. The summed E-state index contributed by atoms with van der Waals surface area (Å²) in [5.74, 6) is 0.868. The van der Waals surface area contributed by atoms with Gasteiger partial charge in [-0.15, -0.1) is 0 Å². The lowest BCUT2D eigenvalue weighted by atomic mass is 9.84. The van der Waals surface area contributed by atoms with Crippen LogP contribution in [-0.2, 0) is 9.59 Å². The molecule has 0 bridgehead atoms. The Morgan fingerprint density at radius 3 is 2.28 bits per heavy atom. The average Bonchev–Trinajstić information content (AvgIpc) is 2.36. The van der Waals surface area contributed by atoms with Gasteiger partial charge in [0.2, 0.25) is 11.8 Å². The molecule has 0 radical (unpaired) electrons. The van der Waals surface area contributed by atoms with E-state index in [4.69, 9.17) is 0 Å². The Kier molecular flexibility index (Phi) is 4.70. The molecule has 0 aromatic carbocycles. The lowest BCUT2D eigenvalue weighted by Gasteiger charge is -2.49. The predicted molar refractivity (Wildman–Crippen MR) is 75.6 cm³/mol. The van der Waals surface area contributed by atoms with E-state index in [0.29, 0.717) is 19.4 Å². The summed E-state index contributed by atoms with van der Waals surface area (Å²) < 4.78 is 0. The molecule has 18 heavy (non-hydrogen) atoms. The number of thioether (sulfide) groups is 1. The average molecular weight is 272 g/mol. The van der Waals surface area contributed by atoms with Crippen molar-refractivity contribution < 1.29 is 9.59 Å². The maximum atomic E-state index is 12.6. The van der Waals surface area contributed by atoms with E-state index in [9.17, 15) is 9.59 Å². The molecular formula is C13H24N2O2S. The number of carbonyl (C=O) groups excluding carboxylic acids is 2. The number of amides is 2. The van der Waals surface area contributed by atoms with E-state index >= 15 is 0 Å². The zero-order valence-corrected chi connectivity index (χ0v) is 12.8. The third kappa shape index (κ3) is 2.37. The molecule has 0 spiro atoms. The molecule has 1 aliphatic heterocycles. The minimum absolute atomic E-state index is 0.0324. The van der Waals surface area contributed by atoms with Crippen LogP contribution < -0.4 is 5.32 Å². The predicted octanol–water partition coefficient (Wildman–Crippen LogP) is 1.65. The van der Waals surface area contributed by atoms with Crippen molar-refractivity contribution in [3.63, 3.8) is 0 Å². The third-order valence-electron chi connectivity index (χ3n) is 4.11. The molecule has 1 heterocycles. The summed E-state index contributed by atoms with van der Waals surface area (Å²) in [5.41, 5.74) is -1.45. The zero-order valence-electron chi connectivity index (χ0n) is 12.0. The quantitative estimate of drug-likeness (QED) is 0.828. The van der Waals surface area contributed by atoms with Crippen molar-refractivity contribution in [3.8, 4) is 0 Å². The third-order valence-corrected chi connectivity index (χ3v) is 4.70. The van der Waals surface area contributed by atoms with Crippen LogP contribution in [0.1, 0.15) is 40.5 Å². The fourth-order valence-corrected chi connectivity index (χ4v) is 2.57. The van der Waals surface area contributed by atoms with E-state index in [1.165, 1.54) is 0 Å². The molecule has 5 heteroatoms. The summed E-state index contributed by atoms with van der Waals surface area (Å²) in [7, 11) is 0. The van der Waals surface area contributed by atoms with Crippen LogP contribution >= 0.6 is 11.8 Å². The monoisotopic (exact) mass is 272 g/mol. The molecule has 1 aliphatic rings. The molecule has 2 unspecified atom stereocenters. The van der Waals surface area contributed by atoms with E-state index in [1.54, 1.807) is 16.7 Å². The van der Waals surface area contributed by atoms with Crippen molar-refractivity contribution in [1.29, 1.82) is 0 Å². The lowest BCUT2D eigenvalue weighted by molar-refractivity contribution is -0.161. The van der Waals surface area contributed by atoms with E-state index in [1.807, 2.05) is 34.0 Å². The van der Waals surface area contributed by atoms with Crippen LogP contribution in [0.4, 0.5) is 0 Å². The van der Waals surface area contributed by atoms with E-state index in [2.05, 4.69) is 5.32 Å². The smallest absolute Gasteiger partial charge is 0.248 e. The number of piperazine rings is 1. The first-order valence-corrected chi connectivity index (χ1v) is 7.88. The molecule has 0 aliphatic carbocycles. The van der Waals surface area contributed by atoms with Gasteiger partial charge < -0.3 is 10.2 Å². The van der Waals surface area contributed by atoms with Gasteiger partial charge in [-0.1, -0.05) is 13.8 Å². The number of nitrogens with one attached hydrogen (secondary N) is 1. The maximum Gasteiger partial charge on any atom is 0.248 e. The van der Waals surface area contributed by atoms with Crippen molar-refractivity contribution in [2.45, 2.75) is 51.6 Å². The normalized spacial score (nSPS) is 32.6. The summed E-state index contributed by atoms with van der Waals surface area (Å²) >= 11 is 1.69. The van der Waals surface area contributed by atoms with Crippen molar-refractivity contribution >= 4 is 23.6 Å². The molecule has 0 aromatic heterocycles. The van der Waals surface area contributed by atoms with Gasteiger partial charge in [-0.25, -0.2) is 0 Å². The van der Waals surface area contributed by atoms with Crippen LogP contribution in [0.25, 0.3) is 0 Å². The SMILES string of the molecule is CCC1(C)NC(=O)C(C)(CC)N(CCSC)C1=O. The molecule has 2 atom stereocenters. The van der Waals surface area contributed by atoms with Gasteiger partial charge in [0.15, 0.2) is 0 Å². The van der Waals surface area contributed by atoms with Gasteiger partial charge in [0, 0.05) is 12.3 Å². The summed E-state index contributed by atoms with van der Waals surface area (Å²) in [6, 6.07) is 0. The molecule has 1 rings (SSSR count). The van der Waals surface area contributed by atoms with Gasteiger partial charge in [-0.3, -0.25) is 9.59 Å². The number of hydrogen-bond acceptors (Lipinski definition) is 3. The minimum Gasteiger partial charge on any atom is -0.340 e. The van der Waals surface area contributed by atoms with E-state index in [0.717, 1.165) is 5.75 Å². The Bertz CT molecular complexity index is 348. The minimum atomic E-state index is -0.746. The van der Waals surface area contributed by atoms with Crippen LogP contribution in [0.3, 0.4) is 0 Å². The second-order valence-electron chi connectivity index (χ2n) is 5.22. The van der Waals surface area contributed by atoms with Crippen molar-refractivity contribution in [2.24, 2.45) is 0 Å². The van der Waals surface area contributed by atoms with Gasteiger partial charge in [0.25, 0.3) is 0 Å². The van der Waals surface area contributed by atoms with Crippen LogP contribution in [-0.4, -0.2) is 46.3 Å². The Labute approximate surface area is 114 Å². The van der Waals surface area contributed by atoms with E-state index in [-0.39, 0.29) is 11.8 Å². The van der Waals surface area contributed by atoms with Gasteiger partial charge >= 0.3 is 0 Å². The second kappa shape index (κ2) is 5.51. The first kappa shape index (κ1) is 15.3. The number of carbonyl (C=O) groups is 2. The molecule has 0 aromatic rings. The molecule has 1 saturated heterocycles. The van der Waals surface area contributed by atoms with Crippen molar-refractivity contribution in [1.82, 2.24) is 10.2 Å². The molecule has 1 fully saturated rings. The number of rotatable bonds is 5. The lowest BCUT2D eigenvalue weighted by Crippen LogP contribution is -2.74. The van der Waals surface area contributed by atoms with Crippen LogP contribution in [0, 0.1) is 0 Å². The van der Waals surface area contributed by atoms with Gasteiger partial charge in [-0.2, -0.15) is 11.8 Å². The van der Waals surface area contributed by atoms with Gasteiger partial charge in [0.1, 0.15) is 11.1 Å². The second-order valence-corrected chi connectivity index (χ2v) is 6.20. The van der Waals surface area contributed by atoms with Crippen LogP contribution in [0.15, 0.2) is 0 Å². The summed E-state index contributed by atoms with van der Waals surface area (Å²) in [6.45, 7) is 8.19. The molecule has 2 amide bonds. The van der Waals surface area contributed by atoms with E-state index < -0.39 is 11.1 Å². The Balaban J connectivity index is 3.09. The topological polar surface area (TPSA) is 49.4 Å². The summed E-state index contributed by atoms with van der Waals surface area (Å²) in [5, 5.41) is 2.90. The molecule has 104 valence electrons. The largest absolute Gasteiger partial charge is 0.340 e. The highest BCUT2D eigenvalue weighted by Crippen LogP contribution is 2.30. The summed E-state index contributed by atoms with van der Waals surface area (Å²) in [6.07, 6.45) is 3.27. The fraction of sp³-hybridized carbons (Fsp3) is 0.846.